The number of carbonyl (C=O) groups is 1. The maximum absolute atomic E-state index is 13.1. The quantitative estimate of drug-likeness (QED) is 0.316. The molecule has 0 spiro atoms. The lowest BCUT2D eigenvalue weighted by molar-refractivity contribution is -0.134. The van der Waals surface area contributed by atoms with Crippen LogP contribution in [0.4, 0.5) is 5.69 Å². The van der Waals surface area contributed by atoms with Crippen LogP contribution in [-0.2, 0) is 27.9 Å². The lowest BCUT2D eigenvalue weighted by Gasteiger charge is -2.23. The van der Waals surface area contributed by atoms with Gasteiger partial charge in [0.25, 0.3) is 15.9 Å². The van der Waals surface area contributed by atoms with Gasteiger partial charge < -0.3 is 9.64 Å². The Morgan fingerprint density at radius 2 is 1.28 bits per heavy atom. The van der Waals surface area contributed by atoms with Gasteiger partial charge in [-0.25, -0.2) is 8.42 Å². The first-order valence-corrected chi connectivity index (χ1v) is 13.1. The van der Waals surface area contributed by atoms with Gasteiger partial charge in [-0.2, -0.15) is 0 Å². The van der Waals surface area contributed by atoms with E-state index in [1.807, 2.05) is 79.7 Å². The number of benzene rings is 4. The van der Waals surface area contributed by atoms with Crippen molar-refractivity contribution in [1.29, 1.82) is 0 Å². The molecule has 0 radical (unpaired) electrons. The first-order valence-electron chi connectivity index (χ1n) is 11.6. The average molecular weight is 501 g/mol. The summed E-state index contributed by atoms with van der Waals surface area (Å²) in [6.45, 7) is 2.69. The summed E-state index contributed by atoms with van der Waals surface area (Å²) in [6.07, 6.45) is 0. The molecule has 1 amide bonds. The van der Waals surface area contributed by atoms with Crippen molar-refractivity contribution in [2.75, 3.05) is 11.3 Å². The number of hydrogen-bond donors (Lipinski definition) is 1. The van der Waals surface area contributed by atoms with Crippen molar-refractivity contribution in [3.05, 3.63) is 126 Å². The van der Waals surface area contributed by atoms with Gasteiger partial charge in [-0.3, -0.25) is 9.52 Å². The fourth-order valence-electron chi connectivity index (χ4n) is 3.63. The van der Waals surface area contributed by atoms with Crippen molar-refractivity contribution in [3.8, 4) is 5.75 Å². The van der Waals surface area contributed by atoms with Crippen LogP contribution in [0.2, 0.25) is 0 Å². The van der Waals surface area contributed by atoms with E-state index in [1.54, 1.807) is 29.2 Å². The summed E-state index contributed by atoms with van der Waals surface area (Å²) in [6, 6.07) is 32.7. The molecule has 0 aliphatic heterocycles. The fraction of sp³-hybridized carbons (Fsp3) is 0.138. The molecule has 1 N–H and O–H groups in total. The van der Waals surface area contributed by atoms with E-state index in [1.165, 1.54) is 12.1 Å². The van der Waals surface area contributed by atoms with E-state index in [0.29, 0.717) is 24.5 Å². The Bertz CT molecular complexity index is 1330. The number of hydrogen-bond acceptors (Lipinski definition) is 4. The van der Waals surface area contributed by atoms with E-state index >= 15 is 0 Å². The van der Waals surface area contributed by atoms with E-state index in [9.17, 15) is 13.2 Å². The van der Waals surface area contributed by atoms with Crippen LogP contribution in [0.3, 0.4) is 0 Å². The first kappa shape index (κ1) is 25.0. The number of carbonyl (C=O) groups excluding carboxylic acids is 1. The smallest absolute Gasteiger partial charge is 0.261 e. The molecule has 0 bridgehead atoms. The van der Waals surface area contributed by atoms with Gasteiger partial charge in [0, 0.05) is 18.8 Å². The monoisotopic (exact) mass is 500 g/mol. The summed E-state index contributed by atoms with van der Waals surface area (Å²) in [4.78, 5) is 14.9. The molecule has 0 aliphatic rings. The molecule has 36 heavy (non-hydrogen) atoms. The Kier molecular flexibility index (Phi) is 8.02. The molecule has 7 heteroatoms. The first-order chi connectivity index (χ1) is 17.4. The molecular formula is C29H28N2O4S. The SMILES string of the molecule is Cc1ccc(NS(=O)(=O)c2ccc(OCC(=O)N(Cc3ccccc3)Cc3ccccc3)cc2)cc1. The number of aryl methyl sites for hydroxylation is 1. The maximum atomic E-state index is 13.1. The third-order valence-electron chi connectivity index (χ3n) is 5.59. The van der Waals surface area contributed by atoms with Crippen molar-refractivity contribution < 1.29 is 17.9 Å². The number of rotatable bonds is 10. The van der Waals surface area contributed by atoms with Crippen LogP contribution in [0, 0.1) is 6.92 Å². The lowest BCUT2D eigenvalue weighted by Crippen LogP contribution is -2.34. The molecule has 0 atom stereocenters. The van der Waals surface area contributed by atoms with Gasteiger partial charge in [0.2, 0.25) is 0 Å². The highest BCUT2D eigenvalue weighted by Crippen LogP contribution is 2.20. The Morgan fingerprint density at radius 1 is 0.750 bits per heavy atom. The lowest BCUT2D eigenvalue weighted by atomic mass is 10.1. The summed E-state index contributed by atoms with van der Waals surface area (Å²) in [5, 5.41) is 0. The molecular weight excluding hydrogens is 472 g/mol. The molecule has 0 unspecified atom stereocenters. The molecule has 0 aliphatic carbocycles. The molecule has 184 valence electrons. The van der Waals surface area contributed by atoms with Crippen molar-refractivity contribution >= 4 is 21.6 Å². The Morgan fingerprint density at radius 3 is 1.81 bits per heavy atom. The van der Waals surface area contributed by atoms with Gasteiger partial charge in [0.05, 0.1) is 4.90 Å². The van der Waals surface area contributed by atoms with E-state index in [2.05, 4.69) is 4.72 Å². The average Bonchev–Trinajstić information content (AvgIpc) is 2.89. The maximum Gasteiger partial charge on any atom is 0.261 e. The topological polar surface area (TPSA) is 75.7 Å². The molecule has 0 saturated carbocycles. The Hall–Kier alpha value is -4.10. The summed E-state index contributed by atoms with van der Waals surface area (Å²) < 4.78 is 33.7. The number of amides is 1. The van der Waals surface area contributed by atoms with Crippen molar-refractivity contribution in [3.63, 3.8) is 0 Å². The van der Waals surface area contributed by atoms with E-state index in [4.69, 9.17) is 4.74 Å². The molecule has 6 nitrogen and oxygen atoms in total. The second-order valence-electron chi connectivity index (χ2n) is 8.45. The van der Waals surface area contributed by atoms with Crippen molar-refractivity contribution in [1.82, 2.24) is 4.90 Å². The summed E-state index contributed by atoms with van der Waals surface area (Å²) in [5.41, 5.74) is 3.58. The van der Waals surface area contributed by atoms with Crippen LogP contribution >= 0.6 is 0 Å². The minimum absolute atomic E-state index is 0.108. The third-order valence-corrected chi connectivity index (χ3v) is 6.98. The molecule has 0 heterocycles. The minimum atomic E-state index is -3.74. The molecule has 4 aromatic carbocycles. The second-order valence-corrected chi connectivity index (χ2v) is 10.1. The van der Waals surface area contributed by atoms with Crippen LogP contribution in [0.25, 0.3) is 0 Å². The predicted octanol–water partition coefficient (Wildman–Crippen LogP) is 5.40. The second kappa shape index (κ2) is 11.6. The zero-order valence-corrected chi connectivity index (χ0v) is 20.8. The Labute approximate surface area is 212 Å². The molecule has 0 fully saturated rings. The number of sulfonamides is 1. The van der Waals surface area contributed by atoms with Gasteiger partial charge in [0.1, 0.15) is 5.75 Å². The zero-order chi connectivity index (χ0) is 25.4. The molecule has 0 aromatic heterocycles. The highest BCUT2D eigenvalue weighted by atomic mass is 32.2. The molecule has 0 saturated heterocycles. The van der Waals surface area contributed by atoms with E-state index < -0.39 is 10.0 Å². The fourth-order valence-corrected chi connectivity index (χ4v) is 4.69. The largest absolute Gasteiger partial charge is 0.484 e. The number of anilines is 1. The van der Waals surface area contributed by atoms with Crippen LogP contribution < -0.4 is 9.46 Å². The van der Waals surface area contributed by atoms with Crippen LogP contribution in [0.5, 0.6) is 5.75 Å². The van der Waals surface area contributed by atoms with Crippen LogP contribution in [0.15, 0.2) is 114 Å². The highest BCUT2D eigenvalue weighted by Gasteiger charge is 2.17. The number of nitrogens with zero attached hydrogens (tertiary/aromatic N) is 1. The summed E-state index contributed by atoms with van der Waals surface area (Å²) >= 11 is 0. The van der Waals surface area contributed by atoms with Crippen molar-refractivity contribution in [2.24, 2.45) is 0 Å². The van der Waals surface area contributed by atoms with Crippen molar-refractivity contribution in [2.45, 2.75) is 24.9 Å². The molecule has 4 aromatic rings. The normalized spacial score (nSPS) is 11.0. The van der Waals surface area contributed by atoms with Crippen LogP contribution in [0.1, 0.15) is 16.7 Å². The zero-order valence-electron chi connectivity index (χ0n) is 20.0. The standard InChI is InChI=1S/C29H28N2O4S/c1-23-12-14-26(15-13-23)30-36(33,34)28-18-16-27(17-19-28)35-22-29(32)31(20-24-8-4-2-5-9-24)21-25-10-6-3-7-11-25/h2-19,30H,20-22H2,1H3. The number of nitrogens with one attached hydrogen (secondary N) is 1. The summed E-state index contributed by atoms with van der Waals surface area (Å²) in [5.74, 6) is 0.248. The van der Waals surface area contributed by atoms with E-state index in [-0.39, 0.29) is 17.4 Å². The van der Waals surface area contributed by atoms with Gasteiger partial charge in [-0.15, -0.1) is 0 Å². The van der Waals surface area contributed by atoms with Crippen LogP contribution in [-0.4, -0.2) is 25.8 Å². The van der Waals surface area contributed by atoms with Gasteiger partial charge in [-0.05, 0) is 54.4 Å². The summed E-state index contributed by atoms with van der Waals surface area (Å²) in [7, 11) is -3.74. The minimum Gasteiger partial charge on any atom is -0.484 e. The van der Waals surface area contributed by atoms with Gasteiger partial charge in [0.15, 0.2) is 6.61 Å². The number of ether oxygens (including phenoxy) is 1. The van der Waals surface area contributed by atoms with Gasteiger partial charge in [-0.1, -0.05) is 78.4 Å². The van der Waals surface area contributed by atoms with E-state index in [0.717, 1.165) is 16.7 Å². The predicted molar refractivity (Wildman–Crippen MR) is 141 cm³/mol. The third kappa shape index (κ3) is 6.96. The van der Waals surface area contributed by atoms with Gasteiger partial charge >= 0.3 is 0 Å². The Balaban J connectivity index is 1.40. The molecule has 4 rings (SSSR count). The highest BCUT2D eigenvalue weighted by molar-refractivity contribution is 7.92.